The molecule has 0 aliphatic heterocycles. The van der Waals surface area contributed by atoms with Crippen LogP contribution >= 0.6 is 0 Å². The fourth-order valence-corrected chi connectivity index (χ4v) is 1.43. The van der Waals surface area contributed by atoms with E-state index in [9.17, 15) is 4.39 Å². The predicted octanol–water partition coefficient (Wildman–Crippen LogP) is 1.83. The van der Waals surface area contributed by atoms with E-state index >= 15 is 0 Å². The van der Waals surface area contributed by atoms with E-state index in [2.05, 4.69) is 0 Å². The van der Waals surface area contributed by atoms with Crippen molar-refractivity contribution in [3.8, 4) is 0 Å². The zero-order valence-electron chi connectivity index (χ0n) is 8.33. The molecule has 1 aromatic rings. The maximum atomic E-state index is 14.3. The first-order valence-electron chi connectivity index (χ1n) is 4.63. The van der Waals surface area contributed by atoms with Gasteiger partial charge in [-0.25, -0.2) is 4.39 Å². The highest BCUT2D eigenvalue weighted by molar-refractivity contribution is 5.16. The highest BCUT2D eigenvalue weighted by Gasteiger charge is 2.32. The molecular formula is C10H16FNO2. The summed E-state index contributed by atoms with van der Waals surface area (Å²) < 4.78 is 24.0. The minimum atomic E-state index is -1.47. The molecule has 80 valence electrons. The van der Waals surface area contributed by atoms with Crippen LogP contribution in [0.4, 0.5) is 4.39 Å². The van der Waals surface area contributed by atoms with Gasteiger partial charge in [-0.3, -0.25) is 0 Å². The molecule has 3 nitrogen and oxygen atoms in total. The molecule has 0 aliphatic carbocycles. The minimum Gasteiger partial charge on any atom is -0.472 e. The number of ether oxygens (including phenoxy) is 1. The largest absolute Gasteiger partial charge is 0.472 e. The Labute approximate surface area is 83.0 Å². The summed E-state index contributed by atoms with van der Waals surface area (Å²) in [6.45, 7) is 0.514. The van der Waals surface area contributed by atoms with Crippen LogP contribution in [0.2, 0.25) is 0 Å². The quantitative estimate of drug-likeness (QED) is 0.763. The van der Waals surface area contributed by atoms with Crippen LogP contribution in [-0.2, 0) is 10.4 Å². The maximum absolute atomic E-state index is 14.3. The molecule has 0 bridgehead atoms. The number of methoxy groups -OCH3 is 1. The van der Waals surface area contributed by atoms with Crippen molar-refractivity contribution in [1.82, 2.24) is 0 Å². The van der Waals surface area contributed by atoms with Gasteiger partial charge in [0.1, 0.15) is 0 Å². The molecule has 0 aliphatic rings. The first kappa shape index (κ1) is 11.2. The van der Waals surface area contributed by atoms with Gasteiger partial charge in [0.25, 0.3) is 0 Å². The van der Waals surface area contributed by atoms with E-state index < -0.39 is 5.67 Å². The van der Waals surface area contributed by atoms with Crippen LogP contribution in [0.5, 0.6) is 0 Å². The summed E-state index contributed by atoms with van der Waals surface area (Å²) in [7, 11) is 1.48. The van der Waals surface area contributed by atoms with Crippen LogP contribution < -0.4 is 5.73 Å². The molecule has 2 N–H and O–H groups in total. The molecule has 1 unspecified atom stereocenters. The molecule has 0 saturated carbocycles. The van der Waals surface area contributed by atoms with Gasteiger partial charge in [-0.15, -0.1) is 0 Å². The number of alkyl halides is 1. The molecule has 0 aromatic carbocycles. The average molecular weight is 201 g/mol. The van der Waals surface area contributed by atoms with Crippen molar-refractivity contribution in [2.75, 3.05) is 20.3 Å². The molecule has 0 amide bonds. The summed E-state index contributed by atoms with van der Waals surface area (Å²) in [5, 5.41) is 0. The molecule has 0 radical (unpaired) electrons. The topological polar surface area (TPSA) is 48.4 Å². The van der Waals surface area contributed by atoms with Crippen LogP contribution in [0.3, 0.4) is 0 Å². The Morgan fingerprint density at radius 3 is 2.93 bits per heavy atom. The van der Waals surface area contributed by atoms with E-state index in [1.807, 2.05) is 0 Å². The fraction of sp³-hybridized carbons (Fsp3) is 0.600. The fourth-order valence-electron chi connectivity index (χ4n) is 1.43. The number of hydrogen-bond acceptors (Lipinski definition) is 3. The summed E-state index contributed by atoms with van der Waals surface area (Å²) >= 11 is 0. The van der Waals surface area contributed by atoms with E-state index in [0.717, 1.165) is 0 Å². The Morgan fingerprint density at radius 1 is 1.64 bits per heavy atom. The zero-order valence-corrected chi connectivity index (χ0v) is 8.33. The first-order chi connectivity index (χ1) is 6.73. The van der Waals surface area contributed by atoms with Crippen LogP contribution in [0.1, 0.15) is 18.4 Å². The van der Waals surface area contributed by atoms with Crippen molar-refractivity contribution >= 4 is 0 Å². The van der Waals surface area contributed by atoms with Crippen molar-refractivity contribution in [3.05, 3.63) is 24.2 Å². The van der Waals surface area contributed by atoms with E-state index in [1.165, 1.54) is 19.6 Å². The van der Waals surface area contributed by atoms with Gasteiger partial charge < -0.3 is 14.9 Å². The minimum absolute atomic E-state index is 0.0343. The smallest absolute Gasteiger partial charge is 0.162 e. The van der Waals surface area contributed by atoms with Crippen LogP contribution in [-0.4, -0.2) is 20.3 Å². The van der Waals surface area contributed by atoms with Gasteiger partial charge in [-0.2, -0.15) is 0 Å². The molecule has 1 heterocycles. The second-order valence-electron chi connectivity index (χ2n) is 3.30. The summed E-state index contributed by atoms with van der Waals surface area (Å²) in [4.78, 5) is 0. The van der Waals surface area contributed by atoms with Crippen LogP contribution in [0.15, 0.2) is 23.0 Å². The maximum Gasteiger partial charge on any atom is 0.162 e. The third-order valence-corrected chi connectivity index (χ3v) is 2.19. The number of rotatable bonds is 6. The van der Waals surface area contributed by atoms with E-state index in [1.54, 1.807) is 6.07 Å². The molecule has 1 rings (SSSR count). The Morgan fingerprint density at radius 2 is 2.43 bits per heavy atom. The van der Waals surface area contributed by atoms with Gasteiger partial charge in [0.15, 0.2) is 5.67 Å². The molecule has 1 aromatic heterocycles. The van der Waals surface area contributed by atoms with Gasteiger partial charge in [-0.1, -0.05) is 0 Å². The lowest BCUT2D eigenvalue weighted by atomic mass is 9.94. The van der Waals surface area contributed by atoms with E-state index in [-0.39, 0.29) is 6.61 Å². The lowest BCUT2D eigenvalue weighted by molar-refractivity contribution is 0.0299. The summed E-state index contributed by atoms with van der Waals surface area (Å²) in [6.07, 6.45) is 3.86. The highest BCUT2D eigenvalue weighted by Crippen LogP contribution is 2.31. The average Bonchev–Trinajstić information content (AvgIpc) is 2.68. The molecule has 0 fully saturated rings. The molecule has 14 heavy (non-hydrogen) atoms. The van der Waals surface area contributed by atoms with Gasteiger partial charge in [0, 0.05) is 12.7 Å². The number of hydrogen-bond donors (Lipinski definition) is 1. The van der Waals surface area contributed by atoms with E-state index in [4.69, 9.17) is 14.9 Å². The summed E-state index contributed by atoms with van der Waals surface area (Å²) in [6, 6.07) is 1.62. The number of nitrogens with two attached hydrogens (primary N) is 1. The van der Waals surface area contributed by atoms with Gasteiger partial charge >= 0.3 is 0 Å². The molecular weight excluding hydrogens is 185 g/mol. The van der Waals surface area contributed by atoms with Crippen molar-refractivity contribution in [3.63, 3.8) is 0 Å². The Bertz CT molecular complexity index is 251. The highest BCUT2D eigenvalue weighted by atomic mass is 19.1. The van der Waals surface area contributed by atoms with Crippen molar-refractivity contribution in [2.45, 2.75) is 18.5 Å². The SMILES string of the molecule is COCC(F)(CCCN)c1ccoc1. The lowest BCUT2D eigenvalue weighted by Crippen LogP contribution is -2.26. The van der Waals surface area contributed by atoms with Gasteiger partial charge in [-0.05, 0) is 25.5 Å². The summed E-state index contributed by atoms with van der Waals surface area (Å²) in [5.41, 5.74) is 4.40. The second kappa shape index (κ2) is 5.12. The number of furan rings is 1. The predicted molar refractivity (Wildman–Crippen MR) is 51.7 cm³/mol. The Balaban J connectivity index is 2.70. The Kier molecular flexibility index (Phi) is 4.10. The molecule has 4 heteroatoms. The third-order valence-electron chi connectivity index (χ3n) is 2.19. The van der Waals surface area contributed by atoms with Crippen molar-refractivity contribution in [1.29, 1.82) is 0 Å². The van der Waals surface area contributed by atoms with Gasteiger partial charge in [0.2, 0.25) is 0 Å². The normalized spacial score (nSPS) is 15.4. The zero-order chi connectivity index (χ0) is 10.4. The Hall–Kier alpha value is -0.870. The van der Waals surface area contributed by atoms with Crippen LogP contribution in [0, 0.1) is 0 Å². The monoisotopic (exact) mass is 201 g/mol. The number of halogens is 1. The lowest BCUT2D eigenvalue weighted by Gasteiger charge is -2.22. The third kappa shape index (κ3) is 2.56. The van der Waals surface area contributed by atoms with Gasteiger partial charge in [0.05, 0.1) is 19.1 Å². The first-order valence-corrected chi connectivity index (χ1v) is 4.63. The molecule has 0 spiro atoms. The summed E-state index contributed by atoms with van der Waals surface area (Å²) in [5.74, 6) is 0. The van der Waals surface area contributed by atoms with E-state index in [0.29, 0.717) is 24.9 Å². The molecule has 0 saturated heterocycles. The standard InChI is InChI=1S/C10H16FNO2/c1-13-8-10(11,4-2-5-12)9-3-6-14-7-9/h3,6-7H,2,4-5,8,12H2,1H3. The van der Waals surface area contributed by atoms with Crippen molar-refractivity contribution in [2.24, 2.45) is 5.73 Å². The van der Waals surface area contributed by atoms with Crippen molar-refractivity contribution < 1.29 is 13.5 Å². The second-order valence-corrected chi connectivity index (χ2v) is 3.30. The molecule has 1 atom stereocenters. The van der Waals surface area contributed by atoms with Crippen LogP contribution in [0.25, 0.3) is 0 Å².